The molecule has 0 saturated heterocycles. The lowest BCUT2D eigenvalue weighted by Crippen LogP contribution is -2.74. The van der Waals surface area contributed by atoms with E-state index in [4.69, 9.17) is 11.5 Å². The molecular formula is C36H44F16N2. The van der Waals surface area contributed by atoms with Gasteiger partial charge in [-0.25, -0.2) is 0 Å². The van der Waals surface area contributed by atoms with Crippen molar-refractivity contribution >= 4 is 11.4 Å². The largest absolute Gasteiger partial charge is 0.398 e. The van der Waals surface area contributed by atoms with Crippen LogP contribution in [-0.2, 0) is 35.5 Å². The summed E-state index contributed by atoms with van der Waals surface area (Å²) in [7, 11) is 0. The molecule has 54 heavy (non-hydrogen) atoms. The van der Waals surface area contributed by atoms with Crippen LogP contribution in [0.4, 0.5) is 81.6 Å². The van der Waals surface area contributed by atoms with Crippen LogP contribution in [0.2, 0.25) is 0 Å². The lowest BCUT2D eigenvalue weighted by molar-refractivity contribution is -0.456. The summed E-state index contributed by atoms with van der Waals surface area (Å²) in [5, 5.41) is 0. The maximum absolute atomic E-state index is 15.5. The molecule has 2 aromatic rings. The first-order chi connectivity index (χ1) is 23.9. The first-order valence-corrected chi connectivity index (χ1v) is 16.8. The van der Waals surface area contributed by atoms with E-state index in [9.17, 15) is 17.6 Å². The predicted molar refractivity (Wildman–Crippen MR) is 174 cm³/mol. The second-order valence-corrected chi connectivity index (χ2v) is 15.5. The fourth-order valence-electron chi connectivity index (χ4n) is 5.72. The molecule has 2 nitrogen and oxygen atoms in total. The number of aryl methyl sites for hydroxylation is 2. The second-order valence-electron chi connectivity index (χ2n) is 15.5. The molecule has 0 amide bonds. The highest BCUT2D eigenvalue weighted by Crippen LogP contribution is 2.66. The number of anilines is 2. The van der Waals surface area contributed by atoms with Crippen LogP contribution in [0.15, 0.2) is 24.3 Å². The summed E-state index contributed by atoms with van der Waals surface area (Å²) in [6.45, 7) is 11.0. The van der Waals surface area contributed by atoms with Gasteiger partial charge in [0.1, 0.15) is 0 Å². The van der Waals surface area contributed by atoms with Crippen LogP contribution < -0.4 is 11.5 Å². The Morgan fingerprint density at radius 1 is 0.407 bits per heavy atom. The molecule has 0 aliphatic carbocycles. The molecule has 2 rings (SSSR count). The van der Waals surface area contributed by atoms with Crippen LogP contribution in [0.3, 0.4) is 0 Å². The Morgan fingerprint density at radius 3 is 0.870 bits per heavy atom. The van der Waals surface area contributed by atoms with Gasteiger partial charge in [0.2, 0.25) is 0 Å². The third-order valence-electron chi connectivity index (χ3n) is 9.23. The average Bonchev–Trinajstić information content (AvgIpc) is 3.01. The summed E-state index contributed by atoms with van der Waals surface area (Å²) < 4.78 is 243. The number of nitrogens with two attached hydrogens (primary N) is 2. The van der Waals surface area contributed by atoms with E-state index in [2.05, 4.69) is 0 Å². The topological polar surface area (TPSA) is 52.0 Å². The van der Waals surface area contributed by atoms with Gasteiger partial charge in [-0.1, -0.05) is 68.2 Å². The molecule has 2 aromatic carbocycles. The van der Waals surface area contributed by atoms with Crippen molar-refractivity contribution in [3.05, 3.63) is 57.6 Å². The maximum atomic E-state index is 15.5. The van der Waals surface area contributed by atoms with Crippen LogP contribution >= 0.6 is 0 Å². The van der Waals surface area contributed by atoms with Crippen molar-refractivity contribution in [1.82, 2.24) is 0 Å². The maximum Gasteiger partial charge on any atom is 0.385 e. The number of benzene rings is 2. The van der Waals surface area contributed by atoms with Gasteiger partial charge in [-0.15, -0.1) is 0 Å². The summed E-state index contributed by atoms with van der Waals surface area (Å²) in [4.78, 5) is 0. The zero-order chi connectivity index (χ0) is 42.7. The molecule has 0 bridgehead atoms. The summed E-state index contributed by atoms with van der Waals surface area (Å²) in [6.07, 6.45) is 0.449. The highest BCUT2D eigenvalue weighted by molar-refractivity contribution is 5.60. The molecule has 0 unspecified atom stereocenters. The summed E-state index contributed by atoms with van der Waals surface area (Å²) in [5.74, 6) is -62.5. The highest BCUT2D eigenvalue weighted by atomic mass is 19.4. The van der Waals surface area contributed by atoms with Crippen molar-refractivity contribution in [2.24, 2.45) is 0 Å². The van der Waals surface area contributed by atoms with Crippen molar-refractivity contribution < 1.29 is 70.2 Å². The fraction of sp³-hybridized carbons (Fsp3) is 0.667. The smallest absolute Gasteiger partial charge is 0.385 e. The zero-order valence-corrected chi connectivity index (χ0v) is 30.8. The highest BCUT2D eigenvalue weighted by Gasteiger charge is 2.95. The number of hydrogen-bond acceptors (Lipinski definition) is 2. The van der Waals surface area contributed by atoms with Gasteiger partial charge in [0.05, 0.1) is 0 Å². The number of rotatable bonds is 15. The second kappa shape index (κ2) is 14.5. The van der Waals surface area contributed by atoms with E-state index in [0.29, 0.717) is 12.8 Å². The minimum Gasteiger partial charge on any atom is -0.398 e. The first-order valence-electron chi connectivity index (χ1n) is 16.8. The molecule has 0 saturated carbocycles. The molecule has 0 heterocycles. The number of alkyl halides is 16. The standard InChI is InChI=1S/C36H44F16N2/c1-9-11-13-19-15-21(17-23(25(19)53)27(3,4)5)29(37,38)31(41,42)33(45,46)35(49,50)36(51,52)34(47,48)32(43,44)30(39,40)22-16-20(14-12-10-2)26(54)24(18-22)28(6,7)8/h15-18H,9-14,53-54H2,1-8H3. The van der Waals surface area contributed by atoms with Crippen molar-refractivity contribution in [2.75, 3.05) is 11.5 Å². The van der Waals surface area contributed by atoms with E-state index < -0.39 is 80.5 Å². The third kappa shape index (κ3) is 7.32. The number of halogens is 16. The van der Waals surface area contributed by atoms with E-state index in [0.717, 1.165) is 0 Å². The number of hydrogen-bond donors (Lipinski definition) is 2. The molecular weight excluding hydrogens is 764 g/mol. The van der Waals surface area contributed by atoms with Crippen molar-refractivity contribution in [3.8, 4) is 0 Å². The molecule has 0 atom stereocenters. The Hall–Kier alpha value is -3.08. The molecule has 0 spiro atoms. The summed E-state index contributed by atoms with van der Waals surface area (Å²) in [6, 6.07) is 0.414. The van der Waals surface area contributed by atoms with Crippen LogP contribution in [0.1, 0.15) is 114 Å². The fourth-order valence-corrected chi connectivity index (χ4v) is 5.72. The van der Waals surface area contributed by atoms with Gasteiger partial charge in [-0.05, 0) is 83.0 Å². The van der Waals surface area contributed by atoms with Crippen LogP contribution in [0, 0.1) is 0 Å². The minimum atomic E-state index is -8.55. The zero-order valence-electron chi connectivity index (χ0n) is 30.8. The minimum absolute atomic E-state index is 0.0988. The van der Waals surface area contributed by atoms with Gasteiger partial charge < -0.3 is 11.5 Å². The predicted octanol–water partition coefficient (Wildman–Crippen LogP) is 12.8. The van der Waals surface area contributed by atoms with Gasteiger partial charge in [-0.3, -0.25) is 0 Å². The van der Waals surface area contributed by atoms with Gasteiger partial charge >= 0.3 is 47.4 Å². The monoisotopic (exact) mass is 808 g/mol. The Labute approximate surface area is 303 Å². The number of unbranched alkanes of at least 4 members (excludes halogenated alkanes) is 2. The van der Waals surface area contributed by atoms with Gasteiger partial charge in [0.15, 0.2) is 0 Å². The van der Waals surface area contributed by atoms with E-state index in [1.165, 1.54) is 41.5 Å². The first kappa shape index (κ1) is 47.1. The van der Waals surface area contributed by atoms with Crippen LogP contribution in [-0.4, -0.2) is 35.5 Å². The van der Waals surface area contributed by atoms with E-state index >= 15 is 52.7 Å². The lowest BCUT2D eigenvalue weighted by atomic mass is 9.79. The van der Waals surface area contributed by atoms with E-state index in [-0.39, 0.29) is 72.5 Å². The van der Waals surface area contributed by atoms with E-state index in [1.807, 2.05) is 0 Å². The van der Waals surface area contributed by atoms with Gasteiger partial charge in [0.25, 0.3) is 0 Å². The molecule has 0 fully saturated rings. The Morgan fingerprint density at radius 2 is 0.648 bits per heavy atom. The summed E-state index contributed by atoms with van der Waals surface area (Å²) >= 11 is 0. The Bertz CT molecular complexity index is 1530. The molecule has 0 radical (unpaired) electrons. The molecule has 0 aliphatic heterocycles. The van der Waals surface area contributed by atoms with Gasteiger partial charge in [0, 0.05) is 22.5 Å². The van der Waals surface area contributed by atoms with E-state index in [1.54, 1.807) is 13.8 Å². The molecule has 310 valence electrons. The number of nitrogen functional groups attached to an aromatic ring is 2. The molecule has 4 N–H and O–H groups in total. The molecule has 0 aromatic heterocycles. The van der Waals surface area contributed by atoms with Gasteiger partial charge in [-0.2, -0.15) is 70.2 Å². The normalized spacial score (nSPS) is 14.9. The van der Waals surface area contributed by atoms with Crippen LogP contribution in [0.5, 0.6) is 0 Å². The SMILES string of the molecule is CCCCc1cc(C(F)(F)C(F)(F)C(F)(F)C(F)(F)C(F)(F)C(F)(F)C(F)(F)C(F)(F)c2cc(CCCC)c(N)c(C(C)(C)C)c2)cc(C(C)(C)C)c1N. The third-order valence-corrected chi connectivity index (χ3v) is 9.23. The average molecular weight is 809 g/mol. The summed E-state index contributed by atoms with van der Waals surface area (Å²) in [5.41, 5.74) is 2.74. The van der Waals surface area contributed by atoms with Crippen LogP contribution in [0.25, 0.3) is 0 Å². The van der Waals surface area contributed by atoms with Crippen molar-refractivity contribution in [2.45, 2.75) is 152 Å². The molecule has 18 heteroatoms. The molecule has 0 aliphatic rings. The lowest BCUT2D eigenvalue weighted by Gasteiger charge is -2.44. The quantitative estimate of drug-likeness (QED) is 0.139. The van der Waals surface area contributed by atoms with Crippen molar-refractivity contribution in [1.29, 1.82) is 0 Å². The Balaban J connectivity index is 2.84. The Kier molecular flexibility index (Phi) is 12.6. The van der Waals surface area contributed by atoms with Crippen molar-refractivity contribution in [3.63, 3.8) is 0 Å².